The first-order valence-electron chi connectivity index (χ1n) is 18.7. The van der Waals surface area contributed by atoms with Gasteiger partial charge in [0.1, 0.15) is 0 Å². The molecular weight excluding hydrogens is 651 g/mol. The smallest absolute Gasteiger partial charge is 0.0714 e. The van der Waals surface area contributed by atoms with Crippen LogP contribution in [0.2, 0.25) is 0 Å². The SMILES string of the molecule is c1ccc(-c2cccc(-c3ccc(N(c4cccc5c4-c4ccccc4C5(c4ccccc4)c4ccccc4)c4cccc5ccccc45)cc3)c2)cc1. The lowest BCUT2D eigenvalue weighted by molar-refractivity contribution is 0.768. The van der Waals surface area contributed by atoms with Gasteiger partial charge in [0.2, 0.25) is 0 Å². The minimum Gasteiger partial charge on any atom is -0.309 e. The summed E-state index contributed by atoms with van der Waals surface area (Å²) >= 11 is 0. The van der Waals surface area contributed by atoms with Gasteiger partial charge >= 0.3 is 0 Å². The van der Waals surface area contributed by atoms with Gasteiger partial charge in [-0.3, -0.25) is 0 Å². The minimum atomic E-state index is -0.484. The van der Waals surface area contributed by atoms with Crippen molar-refractivity contribution in [2.75, 3.05) is 4.90 Å². The summed E-state index contributed by atoms with van der Waals surface area (Å²) in [6, 6.07) is 82.0. The predicted octanol–water partition coefficient (Wildman–Crippen LogP) is 14.0. The monoisotopic (exact) mass is 687 g/mol. The van der Waals surface area contributed by atoms with Crippen molar-refractivity contribution in [2.45, 2.75) is 5.41 Å². The molecule has 254 valence electrons. The second kappa shape index (κ2) is 13.2. The zero-order valence-corrected chi connectivity index (χ0v) is 29.8. The van der Waals surface area contributed by atoms with Crippen LogP contribution in [-0.2, 0) is 5.41 Å². The Morgan fingerprint density at radius 3 is 1.56 bits per heavy atom. The third-order valence-electron chi connectivity index (χ3n) is 11.1. The van der Waals surface area contributed by atoms with Crippen molar-refractivity contribution >= 4 is 27.8 Å². The van der Waals surface area contributed by atoms with Crippen molar-refractivity contribution < 1.29 is 0 Å². The fraction of sp³-hybridized carbons (Fsp3) is 0.0189. The summed E-state index contributed by atoms with van der Waals surface area (Å²) in [5, 5.41) is 2.42. The summed E-state index contributed by atoms with van der Waals surface area (Å²) in [5.74, 6) is 0. The molecule has 0 unspecified atom stereocenters. The molecule has 9 aromatic carbocycles. The molecule has 0 aromatic heterocycles. The highest BCUT2D eigenvalue weighted by Crippen LogP contribution is 2.59. The van der Waals surface area contributed by atoms with E-state index in [-0.39, 0.29) is 0 Å². The molecule has 0 fully saturated rings. The summed E-state index contributed by atoms with van der Waals surface area (Å²) in [7, 11) is 0. The van der Waals surface area contributed by atoms with E-state index in [0.29, 0.717) is 0 Å². The van der Waals surface area contributed by atoms with Crippen LogP contribution in [0.5, 0.6) is 0 Å². The van der Waals surface area contributed by atoms with Crippen molar-refractivity contribution in [1.29, 1.82) is 0 Å². The van der Waals surface area contributed by atoms with Gasteiger partial charge in [0.05, 0.1) is 16.8 Å². The average molecular weight is 688 g/mol. The Bertz CT molecular complexity index is 2700. The van der Waals surface area contributed by atoms with Crippen LogP contribution >= 0.6 is 0 Å². The number of rotatable bonds is 7. The molecule has 0 bridgehead atoms. The molecule has 0 saturated heterocycles. The zero-order valence-electron chi connectivity index (χ0n) is 29.8. The molecule has 10 rings (SSSR count). The molecule has 0 N–H and O–H groups in total. The quantitative estimate of drug-likeness (QED) is 0.161. The van der Waals surface area contributed by atoms with Gasteiger partial charge in [-0.1, -0.05) is 194 Å². The first kappa shape index (κ1) is 31.7. The number of anilines is 3. The molecule has 1 aliphatic rings. The molecule has 0 amide bonds. The molecule has 0 spiro atoms. The van der Waals surface area contributed by atoms with Crippen molar-refractivity contribution in [3.63, 3.8) is 0 Å². The van der Waals surface area contributed by atoms with Crippen molar-refractivity contribution in [1.82, 2.24) is 0 Å². The summed E-state index contributed by atoms with van der Waals surface area (Å²) < 4.78 is 0. The lowest BCUT2D eigenvalue weighted by Crippen LogP contribution is -2.28. The highest BCUT2D eigenvalue weighted by Gasteiger charge is 2.47. The Morgan fingerprint density at radius 2 is 0.833 bits per heavy atom. The van der Waals surface area contributed by atoms with Crippen LogP contribution in [0.25, 0.3) is 44.2 Å². The van der Waals surface area contributed by atoms with E-state index in [1.54, 1.807) is 0 Å². The van der Waals surface area contributed by atoms with Crippen LogP contribution in [0.1, 0.15) is 22.3 Å². The van der Waals surface area contributed by atoms with Gasteiger partial charge in [0, 0.05) is 16.6 Å². The van der Waals surface area contributed by atoms with Crippen LogP contribution in [0.15, 0.2) is 224 Å². The molecule has 9 aromatic rings. The summed E-state index contributed by atoms with van der Waals surface area (Å²) in [6.07, 6.45) is 0. The average Bonchev–Trinajstić information content (AvgIpc) is 3.57. The molecule has 54 heavy (non-hydrogen) atoms. The number of fused-ring (bicyclic) bond motifs is 4. The van der Waals surface area contributed by atoms with Gasteiger partial charge in [-0.15, -0.1) is 0 Å². The third-order valence-corrected chi connectivity index (χ3v) is 11.1. The molecular formula is C53H37N. The van der Waals surface area contributed by atoms with E-state index in [9.17, 15) is 0 Å². The van der Waals surface area contributed by atoms with E-state index in [1.807, 2.05) is 0 Å². The van der Waals surface area contributed by atoms with Crippen LogP contribution in [0.3, 0.4) is 0 Å². The molecule has 0 atom stereocenters. The normalized spacial score (nSPS) is 12.6. The van der Waals surface area contributed by atoms with Crippen LogP contribution in [0.4, 0.5) is 17.1 Å². The minimum absolute atomic E-state index is 0.484. The lowest BCUT2D eigenvalue weighted by atomic mass is 9.68. The molecule has 0 radical (unpaired) electrons. The summed E-state index contributed by atoms with van der Waals surface area (Å²) in [5.41, 5.74) is 15.4. The summed E-state index contributed by atoms with van der Waals surface area (Å²) in [6.45, 7) is 0. The number of hydrogen-bond acceptors (Lipinski definition) is 1. The third kappa shape index (κ3) is 5.09. The molecule has 0 saturated carbocycles. The molecule has 0 aliphatic heterocycles. The topological polar surface area (TPSA) is 3.24 Å². The maximum absolute atomic E-state index is 2.48. The van der Waals surface area contributed by atoms with Crippen molar-refractivity contribution in [3.05, 3.63) is 247 Å². The van der Waals surface area contributed by atoms with Gasteiger partial charge in [-0.2, -0.15) is 0 Å². The highest BCUT2D eigenvalue weighted by atomic mass is 15.1. The highest BCUT2D eigenvalue weighted by molar-refractivity contribution is 6.03. The van der Waals surface area contributed by atoms with Gasteiger partial charge in [0.15, 0.2) is 0 Å². The first-order chi connectivity index (χ1) is 26.8. The largest absolute Gasteiger partial charge is 0.309 e. The molecule has 1 aliphatic carbocycles. The number of hydrogen-bond donors (Lipinski definition) is 0. The van der Waals surface area contributed by atoms with Gasteiger partial charge < -0.3 is 4.90 Å². The van der Waals surface area contributed by atoms with Crippen LogP contribution < -0.4 is 4.90 Å². The zero-order chi connectivity index (χ0) is 35.9. The first-order valence-corrected chi connectivity index (χ1v) is 18.7. The number of nitrogens with zero attached hydrogens (tertiary/aromatic N) is 1. The fourth-order valence-corrected chi connectivity index (χ4v) is 8.78. The Labute approximate surface area is 317 Å². The van der Waals surface area contributed by atoms with E-state index < -0.39 is 5.41 Å². The van der Waals surface area contributed by atoms with E-state index in [1.165, 1.54) is 66.4 Å². The Morgan fingerprint density at radius 1 is 0.333 bits per heavy atom. The fourth-order valence-electron chi connectivity index (χ4n) is 8.78. The van der Waals surface area contributed by atoms with Crippen molar-refractivity contribution in [2.24, 2.45) is 0 Å². The van der Waals surface area contributed by atoms with E-state index in [4.69, 9.17) is 0 Å². The van der Waals surface area contributed by atoms with Gasteiger partial charge in [0.25, 0.3) is 0 Å². The van der Waals surface area contributed by atoms with E-state index >= 15 is 0 Å². The number of benzene rings is 9. The lowest BCUT2D eigenvalue weighted by Gasteiger charge is -2.34. The van der Waals surface area contributed by atoms with Crippen LogP contribution in [-0.4, -0.2) is 0 Å². The van der Waals surface area contributed by atoms with Crippen LogP contribution in [0, 0.1) is 0 Å². The van der Waals surface area contributed by atoms with E-state index in [0.717, 1.165) is 17.1 Å². The predicted molar refractivity (Wildman–Crippen MR) is 227 cm³/mol. The Balaban J connectivity index is 1.21. The van der Waals surface area contributed by atoms with Crippen molar-refractivity contribution in [3.8, 4) is 33.4 Å². The molecule has 0 heterocycles. The van der Waals surface area contributed by atoms with E-state index in [2.05, 4.69) is 229 Å². The van der Waals surface area contributed by atoms with Gasteiger partial charge in [-0.25, -0.2) is 0 Å². The van der Waals surface area contributed by atoms with Gasteiger partial charge in [-0.05, 0) is 85.8 Å². The molecule has 1 nitrogen and oxygen atoms in total. The Kier molecular flexibility index (Phi) is 7.78. The summed E-state index contributed by atoms with van der Waals surface area (Å²) in [4.78, 5) is 2.48. The molecule has 1 heteroatoms. The Hall–Kier alpha value is -6.96. The maximum atomic E-state index is 2.48. The second-order valence-electron chi connectivity index (χ2n) is 14.1. The standard InChI is InChI=1S/C53H37N/c1-4-17-38(18-5-1)41-21-14-22-42(37-41)39-33-35-45(36-34-39)54(50-31-15-20-40-19-10-11-27-46(40)50)51-32-16-30-49-52(51)47-28-12-13-29-48(47)53(49,43-23-6-2-7-24-43)44-25-8-3-9-26-44/h1-37H. The maximum Gasteiger partial charge on any atom is 0.0714 e. The second-order valence-corrected chi connectivity index (χ2v) is 14.1.